The molecule has 1 amide bonds. The van der Waals surface area contributed by atoms with Crippen LogP contribution in [0, 0.1) is 13.8 Å². The molecule has 0 fully saturated rings. The van der Waals surface area contributed by atoms with Crippen LogP contribution >= 0.6 is 0 Å². The van der Waals surface area contributed by atoms with Gasteiger partial charge in [-0.2, -0.15) is 0 Å². The molecule has 1 N–H and O–H groups in total. The van der Waals surface area contributed by atoms with Gasteiger partial charge in [-0.15, -0.1) is 0 Å². The van der Waals surface area contributed by atoms with Crippen LogP contribution in [0.3, 0.4) is 0 Å². The molecule has 6 nitrogen and oxygen atoms in total. The number of hydrogen-bond donors (Lipinski definition) is 1. The average molecular weight is 398 g/mol. The van der Waals surface area contributed by atoms with Crippen LogP contribution in [0.15, 0.2) is 54.7 Å². The van der Waals surface area contributed by atoms with Gasteiger partial charge in [0.2, 0.25) is 15.9 Å². The largest absolute Gasteiger partial charge is 0.324 e. The van der Waals surface area contributed by atoms with Crippen LogP contribution in [0.2, 0.25) is 0 Å². The molecular formula is C21H23N3O3S. The molecule has 0 aliphatic heterocycles. The fourth-order valence-corrected chi connectivity index (χ4v) is 4.16. The van der Waals surface area contributed by atoms with Crippen LogP contribution in [-0.2, 0) is 14.8 Å². The number of amides is 1. The van der Waals surface area contributed by atoms with Gasteiger partial charge in [-0.05, 0) is 37.6 Å². The van der Waals surface area contributed by atoms with E-state index in [0.717, 1.165) is 22.8 Å². The predicted octanol–water partition coefficient (Wildman–Crippen LogP) is 3.65. The smallest absolute Gasteiger partial charge is 0.232 e. The number of benzene rings is 2. The Labute approximate surface area is 165 Å². The predicted molar refractivity (Wildman–Crippen MR) is 113 cm³/mol. The standard InChI is InChI=1S/C21H23N3O3S/c1-15-9-10-19(16(2)14-15)24(28(3,26)27)13-11-20(25)23-18-8-4-6-17-7-5-12-22-21(17)18/h4-10,12,14H,11,13H2,1-3H3,(H,23,25). The van der Waals surface area contributed by atoms with Gasteiger partial charge in [0, 0.05) is 24.5 Å². The molecule has 0 saturated carbocycles. The molecular weight excluding hydrogens is 374 g/mol. The third-order valence-electron chi connectivity index (χ3n) is 4.47. The van der Waals surface area contributed by atoms with Crippen molar-refractivity contribution in [2.24, 2.45) is 0 Å². The van der Waals surface area contributed by atoms with Gasteiger partial charge in [0.05, 0.1) is 23.1 Å². The number of fused-ring (bicyclic) bond motifs is 1. The van der Waals surface area contributed by atoms with Crippen molar-refractivity contribution < 1.29 is 13.2 Å². The molecule has 28 heavy (non-hydrogen) atoms. The van der Waals surface area contributed by atoms with E-state index in [1.165, 1.54) is 4.31 Å². The van der Waals surface area contributed by atoms with Crippen molar-refractivity contribution in [3.63, 3.8) is 0 Å². The Morgan fingerprint density at radius 3 is 2.57 bits per heavy atom. The third kappa shape index (κ3) is 4.48. The third-order valence-corrected chi connectivity index (χ3v) is 5.65. The summed E-state index contributed by atoms with van der Waals surface area (Å²) in [6.07, 6.45) is 2.85. The van der Waals surface area contributed by atoms with Crippen molar-refractivity contribution in [3.8, 4) is 0 Å². The number of carbonyl (C=O) groups is 1. The molecule has 2 aromatic carbocycles. The van der Waals surface area contributed by atoms with Crippen LogP contribution in [0.1, 0.15) is 17.5 Å². The van der Waals surface area contributed by atoms with E-state index < -0.39 is 10.0 Å². The highest BCUT2D eigenvalue weighted by Gasteiger charge is 2.20. The van der Waals surface area contributed by atoms with Crippen molar-refractivity contribution >= 4 is 38.2 Å². The van der Waals surface area contributed by atoms with Gasteiger partial charge in [0.1, 0.15) is 0 Å². The molecule has 0 radical (unpaired) electrons. The molecule has 0 saturated heterocycles. The maximum Gasteiger partial charge on any atom is 0.232 e. The summed E-state index contributed by atoms with van der Waals surface area (Å²) in [7, 11) is -3.52. The number of anilines is 2. The number of hydrogen-bond acceptors (Lipinski definition) is 4. The first-order valence-corrected chi connectivity index (χ1v) is 10.8. The number of nitrogens with one attached hydrogen (secondary N) is 1. The maximum atomic E-state index is 12.5. The second kappa shape index (κ2) is 7.98. The number of rotatable bonds is 6. The molecule has 0 bridgehead atoms. The Morgan fingerprint density at radius 1 is 1.11 bits per heavy atom. The fourth-order valence-electron chi connectivity index (χ4n) is 3.17. The quantitative estimate of drug-likeness (QED) is 0.689. The molecule has 0 atom stereocenters. The summed E-state index contributed by atoms with van der Waals surface area (Å²) in [5.74, 6) is -0.267. The van der Waals surface area contributed by atoms with Crippen LogP contribution in [0.5, 0.6) is 0 Å². The Morgan fingerprint density at radius 2 is 1.86 bits per heavy atom. The second-order valence-electron chi connectivity index (χ2n) is 6.80. The first-order valence-electron chi connectivity index (χ1n) is 8.94. The Balaban J connectivity index is 1.77. The zero-order chi connectivity index (χ0) is 20.3. The Hall–Kier alpha value is -2.93. The van der Waals surface area contributed by atoms with E-state index in [-0.39, 0.29) is 18.9 Å². The maximum absolute atomic E-state index is 12.5. The fraction of sp³-hybridized carbons (Fsp3) is 0.238. The van der Waals surface area contributed by atoms with Crippen molar-refractivity contribution in [1.82, 2.24) is 4.98 Å². The van der Waals surface area contributed by atoms with Crippen molar-refractivity contribution in [2.75, 3.05) is 22.4 Å². The number of aromatic nitrogens is 1. The van der Waals surface area contributed by atoms with E-state index in [1.807, 2.05) is 50.2 Å². The van der Waals surface area contributed by atoms with E-state index in [2.05, 4.69) is 10.3 Å². The molecule has 3 rings (SSSR count). The minimum Gasteiger partial charge on any atom is -0.324 e. The summed E-state index contributed by atoms with van der Waals surface area (Å²) in [6, 6.07) is 14.9. The SMILES string of the molecule is Cc1ccc(N(CCC(=O)Nc2cccc3cccnc23)S(C)(=O)=O)c(C)c1. The topological polar surface area (TPSA) is 79.4 Å². The molecule has 0 spiro atoms. The van der Waals surface area contributed by atoms with Gasteiger partial charge in [0.25, 0.3) is 0 Å². The first kappa shape index (κ1) is 19.8. The highest BCUT2D eigenvalue weighted by Crippen LogP contribution is 2.24. The lowest BCUT2D eigenvalue weighted by Gasteiger charge is -2.24. The number of pyridine rings is 1. The first-order chi connectivity index (χ1) is 13.3. The van der Waals surface area contributed by atoms with Crippen LogP contribution in [0.4, 0.5) is 11.4 Å². The molecule has 0 aliphatic rings. The zero-order valence-corrected chi connectivity index (χ0v) is 17.0. The lowest BCUT2D eigenvalue weighted by molar-refractivity contribution is -0.116. The number of nitrogens with zero attached hydrogens (tertiary/aromatic N) is 2. The summed E-state index contributed by atoms with van der Waals surface area (Å²) in [4.78, 5) is 16.8. The second-order valence-corrected chi connectivity index (χ2v) is 8.71. The summed E-state index contributed by atoms with van der Waals surface area (Å²) in [5.41, 5.74) is 3.81. The Bertz CT molecular complexity index is 1120. The molecule has 0 unspecified atom stereocenters. The molecule has 0 aliphatic carbocycles. The minimum atomic E-state index is -3.52. The van der Waals surface area contributed by atoms with E-state index in [9.17, 15) is 13.2 Å². The van der Waals surface area contributed by atoms with E-state index in [0.29, 0.717) is 16.9 Å². The summed E-state index contributed by atoms with van der Waals surface area (Å²) in [6.45, 7) is 3.88. The van der Waals surface area contributed by atoms with Gasteiger partial charge >= 0.3 is 0 Å². The van der Waals surface area contributed by atoms with Crippen LogP contribution in [0.25, 0.3) is 10.9 Å². The van der Waals surface area contributed by atoms with Crippen LogP contribution in [-0.4, -0.2) is 32.1 Å². The Kier molecular flexibility index (Phi) is 5.65. The minimum absolute atomic E-state index is 0.0314. The lowest BCUT2D eigenvalue weighted by atomic mass is 10.1. The summed E-state index contributed by atoms with van der Waals surface area (Å²) < 4.78 is 25.9. The number of aryl methyl sites for hydroxylation is 2. The lowest BCUT2D eigenvalue weighted by Crippen LogP contribution is -2.33. The van der Waals surface area contributed by atoms with Crippen molar-refractivity contribution in [2.45, 2.75) is 20.3 Å². The average Bonchev–Trinajstić information content (AvgIpc) is 2.63. The normalized spacial score (nSPS) is 11.4. The van der Waals surface area contributed by atoms with Crippen molar-refractivity contribution in [1.29, 1.82) is 0 Å². The number of sulfonamides is 1. The summed E-state index contributed by atoms with van der Waals surface area (Å²) >= 11 is 0. The number of para-hydroxylation sites is 1. The van der Waals surface area contributed by atoms with Gasteiger partial charge in [0.15, 0.2) is 0 Å². The highest BCUT2D eigenvalue weighted by atomic mass is 32.2. The molecule has 1 aromatic heterocycles. The van der Waals surface area contributed by atoms with Gasteiger partial charge < -0.3 is 5.32 Å². The molecule has 1 heterocycles. The van der Waals surface area contributed by atoms with Crippen molar-refractivity contribution in [3.05, 3.63) is 65.9 Å². The van der Waals surface area contributed by atoms with Crippen LogP contribution < -0.4 is 9.62 Å². The number of carbonyl (C=O) groups excluding carboxylic acids is 1. The molecule has 3 aromatic rings. The van der Waals surface area contributed by atoms with E-state index >= 15 is 0 Å². The van der Waals surface area contributed by atoms with Gasteiger partial charge in [-0.3, -0.25) is 14.1 Å². The summed E-state index contributed by atoms with van der Waals surface area (Å²) in [5, 5.41) is 3.77. The van der Waals surface area contributed by atoms with Gasteiger partial charge in [-0.1, -0.05) is 35.9 Å². The van der Waals surface area contributed by atoms with E-state index in [4.69, 9.17) is 0 Å². The molecule has 7 heteroatoms. The zero-order valence-electron chi connectivity index (χ0n) is 16.1. The monoisotopic (exact) mass is 397 g/mol. The molecule has 146 valence electrons. The van der Waals surface area contributed by atoms with Gasteiger partial charge in [-0.25, -0.2) is 8.42 Å². The highest BCUT2D eigenvalue weighted by molar-refractivity contribution is 7.92. The van der Waals surface area contributed by atoms with E-state index in [1.54, 1.807) is 18.3 Å².